The van der Waals surface area contributed by atoms with Crippen LogP contribution >= 0.6 is 0 Å². The number of anilines is 2. The van der Waals surface area contributed by atoms with E-state index in [1.54, 1.807) is 7.05 Å². The minimum Gasteiger partial charge on any atom is -0.399 e. The monoisotopic (exact) mass is 272 g/mol. The van der Waals surface area contributed by atoms with E-state index in [2.05, 4.69) is 10.3 Å². The number of amides is 1. The quantitative estimate of drug-likeness (QED) is 0.831. The second kappa shape index (κ2) is 5.77. The molecule has 106 valence electrons. The van der Waals surface area contributed by atoms with Gasteiger partial charge in [-0.15, -0.1) is 0 Å². The van der Waals surface area contributed by atoms with Crippen LogP contribution in [0.2, 0.25) is 0 Å². The number of hydrogen-bond donors (Lipinski definition) is 2. The smallest absolute Gasteiger partial charge is 0.239 e. The Morgan fingerprint density at radius 2 is 2.15 bits per heavy atom. The summed E-state index contributed by atoms with van der Waals surface area (Å²) in [7, 11) is 1.64. The largest absolute Gasteiger partial charge is 0.399 e. The first-order valence-electron chi connectivity index (χ1n) is 6.67. The summed E-state index contributed by atoms with van der Waals surface area (Å²) in [6.45, 7) is 5.03. The third-order valence-corrected chi connectivity index (χ3v) is 3.27. The molecule has 0 aliphatic carbocycles. The van der Waals surface area contributed by atoms with Crippen LogP contribution in [0.1, 0.15) is 12.6 Å². The number of nitrogens with one attached hydrogen (secondary N) is 1. The lowest BCUT2D eigenvalue weighted by molar-refractivity contribution is -0.119. The second-order valence-electron chi connectivity index (χ2n) is 4.75. The average Bonchev–Trinajstić information content (AvgIpc) is 2.44. The summed E-state index contributed by atoms with van der Waals surface area (Å²) in [5, 5.41) is 3.63. The summed E-state index contributed by atoms with van der Waals surface area (Å²) in [4.78, 5) is 18.2. The van der Waals surface area contributed by atoms with Gasteiger partial charge in [0.2, 0.25) is 5.91 Å². The number of nitrogens with zero attached hydrogens (tertiary/aromatic N) is 2. The maximum atomic E-state index is 11.6. The number of fused-ring (bicyclic) bond motifs is 1. The van der Waals surface area contributed by atoms with Crippen LogP contribution in [-0.4, -0.2) is 31.0 Å². The van der Waals surface area contributed by atoms with Crippen molar-refractivity contribution in [2.24, 2.45) is 0 Å². The molecular formula is C15H20N4O. The number of likely N-dealkylation sites (N-methyl/N-ethyl adjacent to an activating group) is 2. The number of aromatic nitrogens is 1. The first kappa shape index (κ1) is 14.1. The molecular weight excluding hydrogens is 252 g/mol. The Morgan fingerprint density at radius 3 is 2.80 bits per heavy atom. The van der Waals surface area contributed by atoms with Gasteiger partial charge in [0.25, 0.3) is 0 Å². The van der Waals surface area contributed by atoms with Crippen molar-refractivity contribution in [1.29, 1.82) is 0 Å². The Morgan fingerprint density at radius 1 is 1.40 bits per heavy atom. The number of pyridine rings is 1. The lowest BCUT2D eigenvalue weighted by Crippen LogP contribution is -2.35. The van der Waals surface area contributed by atoms with E-state index in [0.717, 1.165) is 28.8 Å². The van der Waals surface area contributed by atoms with Gasteiger partial charge in [-0.3, -0.25) is 9.78 Å². The Kier molecular flexibility index (Phi) is 4.08. The van der Waals surface area contributed by atoms with Crippen LogP contribution in [0.4, 0.5) is 11.4 Å². The van der Waals surface area contributed by atoms with Crippen molar-refractivity contribution >= 4 is 28.2 Å². The van der Waals surface area contributed by atoms with Gasteiger partial charge in [-0.25, -0.2) is 0 Å². The van der Waals surface area contributed by atoms with Gasteiger partial charge in [-0.2, -0.15) is 0 Å². The van der Waals surface area contributed by atoms with E-state index in [1.807, 2.05) is 43.0 Å². The van der Waals surface area contributed by atoms with Crippen LogP contribution < -0.4 is 16.0 Å². The first-order valence-corrected chi connectivity index (χ1v) is 6.67. The molecule has 0 spiro atoms. The zero-order valence-corrected chi connectivity index (χ0v) is 12.1. The van der Waals surface area contributed by atoms with Gasteiger partial charge in [-0.1, -0.05) is 0 Å². The highest BCUT2D eigenvalue weighted by Crippen LogP contribution is 2.28. The van der Waals surface area contributed by atoms with E-state index >= 15 is 0 Å². The number of carbonyl (C=O) groups is 1. The van der Waals surface area contributed by atoms with Gasteiger partial charge in [0.05, 0.1) is 12.1 Å². The molecule has 20 heavy (non-hydrogen) atoms. The van der Waals surface area contributed by atoms with Gasteiger partial charge >= 0.3 is 0 Å². The van der Waals surface area contributed by atoms with Crippen molar-refractivity contribution in [3.05, 3.63) is 30.0 Å². The van der Waals surface area contributed by atoms with Gasteiger partial charge in [0, 0.05) is 36.0 Å². The predicted molar refractivity (Wildman–Crippen MR) is 82.8 cm³/mol. The number of nitrogens with two attached hydrogens (primary N) is 1. The molecule has 0 atom stereocenters. The van der Waals surface area contributed by atoms with Crippen LogP contribution in [-0.2, 0) is 4.79 Å². The molecule has 1 heterocycles. The van der Waals surface area contributed by atoms with Crippen LogP contribution in [0.25, 0.3) is 10.9 Å². The van der Waals surface area contributed by atoms with Gasteiger partial charge < -0.3 is 16.0 Å². The summed E-state index contributed by atoms with van der Waals surface area (Å²) in [6.07, 6.45) is 0. The average molecular weight is 272 g/mol. The number of aryl methyl sites for hydroxylation is 1. The maximum absolute atomic E-state index is 11.6. The highest BCUT2D eigenvalue weighted by molar-refractivity contribution is 5.95. The molecule has 0 radical (unpaired) electrons. The number of rotatable bonds is 4. The van der Waals surface area contributed by atoms with Crippen molar-refractivity contribution in [2.45, 2.75) is 13.8 Å². The van der Waals surface area contributed by atoms with Crippen LogP contribution in [0.15, 0.2) is 24.3 Å². The third-order valence-electron chi connectivity index (χ3n) is 3.27. The summed E-state index contributed by atoms with van der Waals surface area (Å²) < 4.78 is 0. The van der Waals surface area contributed by atoms with Gasteiger partial charge in [0.1, 0.15) is 0 Å². The van der Waals surface area contributed by atoms with E-state index in [0.29, 0.717) is 12.2 Å². The summed E-state index contributed by atoms with van der Waals surface area (Å²) in [6, 6.07) is 7.65. The van der Waals surface area contributed by atoms with Crippen LogP contribution in [0.3, 0.4) is 0 Å². The fraction of sp³-hybridized carbons (Fsp3) is 0.333. The standard InChI is InChI=1S/C15H20N4O/c1-4-19(9-15(20)17-3)14-7-10(2)18-13-6-5-11(16)8-12(13)14/h5-8H,4,9,16H2,1-3H3,(H,17,20). The Balaban J connectivity index is 2.55. The van der Waals surface area contributed by atoms with Gasteiger partial charge in [0.15, 0.2) is 0 Å². The van der Waals surface area contributed by atoms with Crippen molar-refractivity contribution in [3.8, 4) is 0 Å². The summed E-state index contributed by atoms with van der Waals surface area (Å²) in [5.74, 6) is -0.0154. The second-order valence-corrected chi connectivity index (χ2v) is 4.75. The normalized spacial score (nSPS) is 10.6. The summed E-state index contributed by atoms with van der Waals surface area (Å²) in [5.41, 5.74) is 9.38. The number of benzene rings is 1. The maximum Gasteiger partial charge on any atom is 0.239 e. The first-order chi connectivity index (χ1) is 9.55. The molecule has 2 aromatic rings. The van der Waals surface area contributed by atoms with Gasteiger partial charge in [-0.05, 0) is 38.1 Å². The molecule has 0 fully saturated rings. The molecule has 1 amide bonds. The van der Waals surface area contributed by atoms with E-state index in [9.17, 15) is 4.79 Å². The molecule has 0 bridgehead atoms. The van der Waals surface area contributed by atoms with Crippen molar-refractivity contribution in [2.75, 3.05) is 30.8 Å². The fourth-order valence-electron chi connectivity index (χ4n) is 2.24. The van der Waals surface area contributed by atoms with Crippen LogP contribution in [0, 0.1) is 6.92 Å². The lowest BCUT2D eigenvalue weighted by atomic mass is 10.1. The molecule has 5 nitrogen and oxygen atoms in total. The minimum absolute atomic E-state index is 0.0154. The molecule has 1 aromatic carbocycles. The highest BCUT2D eigenvalue weighted by atomic mass is 16.1. The lowest BCUT2D eigenvalue weighted by Gasteiger charge is -2.24. The molecule has 0 unspecified atom stereocenters. The third kappa shape index (κ3) is 2.82. The zero-order valence-electron chi connectivity index (χ0n) is 12.1. The zero-order chi connectivity index (χ0) is 14.7. The van der Waals surface area contributed by atoms with Crippen molar-refractivity contribution in [1.82, 2.24) is 10.3 Å². The molecule has 0 saturated heterocycles. The molecule has 0 saturated carbocycles. The Bertz CT molecular complexity index is 639. The molecule has 2 rings (SSSR count). The van der Waals surface area contributed by atoms with E-state index in [1.165, 1.54) is 0 Å². The highest BCUT2D eigenvalue weighted by Gasteiger charge is 2.13. The number of hydrogen-bond acceptors (Lipinski definition) is 4. The molecule has 3 N–H and O–H groups in total. The van der Waals surface area contributed by atoms with E-state index in [4.69, 9.17) is 5.73 Å². The van der Waals surface area contributed by atoms with E-state index in [-0.39, 0.29) is 5.91 Å². The Hall–Kier alpha value is -2.30. The molecule has 5 heteroatoms. The van der Waals surface area contributed by atoms with E-state index < -0.39 is 0 Å². The number of nitrogen functional groups attached to an aromatic ring is 1. The Labute approximate surface area is 118 Å². The minimum atomic E-state index is -0.0154. The van der Waals surface area contributed by atoms with Crippen molar-refractivity contribution in [3.63, 3.8) is 0 Å². The van der Waals surface area contributed by atoms with Crippen LogP contribution in [0.5, 0.6) is 0 Å². The SMILES string of the molecule is CCN(CC(=O)NC)c1cc(C)nc2ccc(N)cc12. The molecule has 1 aromatic heterocycles. The van der Waals surface area contributed by atoms with Crippen molar-refractivity contribution < 1.29 is 4.79 Å². The fourth-order valence-corrected chi connectivity index (χ4v) is 2.24. The molecule has 0 aliphatic heterocycles. The molecule has 0 aliphatic rings. The number of carbonyl (C=O) groups excluding carboxylic acids is 1. The topological polar surface area (TPSA) is 71.2 Å². The predicted octanol–water partition coefficient (Wildman–Crippen LogP) is 1.70. The summed E-state index contributed by atoms with van der Waals surface area (Å²) >= 11 is 0.